The van der Waals surface area contributed by atoms with E-state index in [1.54, 1.807) is 25.6 Å². The molecule has 0 saturated carbocycles. The minimum Gasteiger partial charge on any atom is -0.497 e. The van der Waals surface area contributed by atoms with E-state index < -0.39 is 0 Å². The van der Waals surface area contributed by atoms with E-state index in [0.717, 1.165) is 11.1 Å². The number of oxazole rings is 1. The third-order valence-electron chi connectivity index (χ3n) is 3.67. The number of benzene rings is 1. The smallest absolute Gasteiger partial charge is 0.274 e. The summed E-state index contributed by atoms with van der Waals surface area (Å²) < 4.78 is 10.6. The molecule has 0 aliphatic heterocycles. The number of amides is 1. The Morgan fingerprint density at radius 2 is 2.04 bits per heavy atom. The van der Waals surface area contributed by atoms with Crippen molar-refractivity contribution in [3.05, 3.63) is 66.4 Å². The van der Waals surface area contributed by atoms with Crippen molar-refractivity contribution in [3.63, 3.8) is 0 Å². The van der Waals surface area contributed by atoms with Gasteiger partial charge in [-0.1, -0.05) is 12.1 Å². The molecule has 1 aromatic carbocycles. The molecule has 1 amide bonds. The maximum Gasteiger partial charge on any atom is 0.274 e. The highest BCUT2D eigenvalue weighted by atomic mass is 16.5. The second-order valence-corrected chi connectivity index (χ2v) is 5.24. The molecule has 0 aliphatic rings. The van der Waals surface area contributed by atoms with E-state index in [-0.39, 0.29) is 17.6 Å². The number of carbonyl (C=O) groups excluding carboxylic acids is 1. The van der Waals surface area contributed by atoms with Crippen LogP contribution in [0, 0.1) is 0 Å². The van der Waals surface area contributed by atoms with Crippen molar-refractivity contribution in [3.8, 4) is 17.1 Å². The Bertz CT molecular complexity index is 830. The zero-order chi connectivity index (χ0) is 16.9. The van der Waals surface area contributed by atoms with Gasteiger partial charge in [-0.25, -0.2) is 4.98 Å². The average Bonchev–Trinajstić information content (AvgIpc) is 3.12. The van der Waals surface area contributed by atoms with E-state index >= 15 is 0 Å². The maximum absolute atomic E-state index is 12.6. The molecular weight excluding hydrogens is 306 g/mol. The molecule has 3 aromatic rings. The molecule has 2 heterocycles. The monoisotopic (exact) mass is 323 g/mol. The van der Waals surface area contributed by atoms with Crippen molar-refractivity contribution in [2.75, 3.05) is 7.11 Å². The van der Waals surface area contributed by atoms with Crippen LogP contribution in [0.4, 0.5) is 0 Å². The van der Waals surface area contributed by atoms with Crippen LogP contribution in [0.15, 0.2) is 59.6 Å². The number of ether oxygens (including phenoxy) is 1. The quantitative estimate of drug-likeness (QED) is 0.780. The van der Waals surface area contributed by atoms with Crippen LogP contribution in [0.1, 0.15) is 29.0 Å². The minimum atomic E-state index is -0.300. The molecule has 1 unspecified atom stereocenters. The van der Waals surface area contributed by atoms with Crippen LogP contribution in [0.2, 0.25) is 0 Å². The number of nitrogens with zero attached hydrogens (tertiary/aromatic N) is 2. The topological polar surface area (TPSA) is 77.2 Å². The van der Waals surface area contributed by atoms with Crippen LogP contribution in [0.25, 0.3) is 11.3 Å². The lowest BCUT2D eigenvalue weighted by molar-refractivity contribution is 0.0935. The third kappa shape index (κ3) is 3.27. The Morgan fingerprint density at radius 1 is 1.25 bits per heavy atom. The lowest BCUT2D eigenvalue weighted by atomic mass is 10.1. The van der Waals surface area contributed by atoms with Crippen molar-refractivity contribution in [1.82, 2.24) is 15.3 Å². The Balaban J connectivity index is 1.83. The molecule has 6 nitrogen and oxygen atoms in total. The van der Waals surface area contributed by atoms with Crippen molar-refractivity contribution in [1.29, 1.82) is 0 Å². The standard InChI is InChI=1S/C18H17N3O3/c1-12(13-6-8-19-9-7-13)21-18(22)16-17(24-11-20-16)14-4-3-5-15(10-14)23-2/h3-12H,1-2H3,(H,21,22). The van der Waals surface area contributed by atoms with Crippen molar-refractivity contribution in [2.24, 2.45) is 0 Å². The number of aromatic nitrogens is 2. The van der Waals surface area contributed by atoms with Crippen LogP contribution in [0.3, 0.4) is 0 Å². The fourth-order valence-corrected chi connectivity index (χ4v) is 2.38. The largest absolute Gasteiger partial charge is 0.497 e. The zero-order valence-corrected chi connectivity index (χ0v) is 13.4. The molecule has 3 rings (SSSR count). The van der Waals surface area contributed by atoms with E-state index in [9.17, 15) is 4.79 Å². The number of hydrogen-bond donors (Lipinski definition) is 1. The van der Waals surface area contributed by atoms with E-state index in [1.165, 1.54) is 6.39 Å². The highest BCUT2D eigenvalue weighted by Crippen LogP contribution is 2.27. The number of rotatable bonds is 5. The Morgan fingerprint density at radius 3 is 2.79 bits per heavy atom. The molecule has 0 fully saturated rings. The Kier molecular flexibility index (Phi) is 4.56. The molecule has 0 saturated heterocycles. The lowest BCUT2D eigenvalue weighted by Gasteiger charge is -2.13. The molecule has 122 valence electrons. The molecule has 0 spiro atoms. The molecule has 24 heavy (non-hydrogen) atoms. The number of methoxy groups -OCH3 is 1. The summed E-state index contributed by atoms with van der Waals surface area (Å²) in [6, 6.07) is 10.8. The van der Waals surface area contributed by atoms with E-state index in [4.69, 9.17) is 9.15 Å². The fraction of sp³-hybridized carbons (Fsp3) is 0.167. The summed E-state index contributed by atoms with van der Waals surface area (Å²) in [5.74, 6) is 0.791. The summed E-state index contributed by atoms with van der Waals surface area (Å²) >= 11 is 0. The van der Waals surface area contributed by atoms with Gasteiger partial charge in [0.15, 0.2) is 17.8 Å². The van der Waals surface area contributed by atoms with Gasteiger partial charge in [-0.2, -0.15) is 0 Å². The molecule has 1 atom stereocenters. The normalized spacial score (nSPS) is 11.8. The van der Waals surface area contributed by atoms with Gasteiger partial charge in [0.1, 0.15) is 5.75 Å². The summed E-state index contributed by atoms with van der Waals surface area (Å²) in [4.78, 5) is 20.6. The SMILES string of the molecule is COc1cccc(-c2ocnc2C(=O)NC(C)c2ccncc2)c1. The van der Waals surface area contributed by atoms with Gasteiger partial charge >= 0.3 is 0 Å². The van der Waals surface area contributed by atoms with Gasteiger partial charge in [0.2, 0.25) is 0 Å². The fourth-order valence-electron chi connectivity index (χ4n) is 2.38. The maximum atomic E-state index is 12.6. The summed E-state index contributed by atoms with van der Waals surface area (Å²) in [5.41, 5.74) is 1.93. The van der Waals surface area contributed by atoms with Crippen molar-refractivity contribution in [2.45, 2.75) is 13.0 Å². The summed E-state index contributed by atoms with van der Waals surface area (Å²) in [5, 5.41) is 2.92. The van der Waals surface area contributed by atoms with Crippen LogP contribution >= 0.6 is 0 Å². The van der Waals surface area contributed by atoms with Crippen molar-refractivity contribution < 1.29 is 13.9 Å². The molecule has 0 radical (unpaired) electrons. The first-order chi connectivity index (χ1) is 11.7. The van der Waals surface area contributed by atoms with Crippen LogP contribution < -0.4 is 10.1 Å². The van der Waals surface area contributed by atoms with E-state index in [0.29, 0.717) is 11.5 Å². The highest BCUT2D eigenvalue weighted by molar-refractivity contribution is 5.97. The van der Waals surface area contributed by atoms with Crippen LogP contribution in [0.5, 0.6) is 5.75 Å². The first-order valence-corrected chi connectivity index (χ1v) is 7.47. The van der Waals surface area contributed by atoms with Gasteiger partial charge in [-0.3, -0.25) is 9.78 Å². The Labute approximate surface area is 139 Å². The second-order valence-electron chi connectivity index (χ2n) is 5.24. The predicted molar refractivity (Wildman–Crippen MR) is 88.6 cm³/mol. The van der Waals surface area contributed by atoms with Gasteiger partial charge in [0, 0.05) is 18.0 Å². The van der Waals surface area contributed by atoms with Gasteiger partial charge in [0.25, 0.3) is 5.91 Å². The Hall–Kier alpha value is -3.15. The van der Waals surface area contributed by atoms with Gasteiger partial charge < -0.3 is 14.5 Å². The molecule has 6 heteroatoms. The predicted octanol–water partition coefficient (Wildman–Crippen LogP) is 3.24. The number of carbonyl (C=O) groups is 1. The van der Waals surface area contributed by atoms with E-state index in [2.05, 4.69) is 15.3 Å². The molecule has 2 aromatic heterocycles. The van der Waals surface area contributed by atoms with Gasteiger partial charge in [-0.15, -0.1) is 0 Å². The summed E-state index contributed by atoms with van der Waals surface area (Å²) in [7, 11) is 1.59. The van der Waals surface area contributed by atoms with Crippen LogP contribution in [-0.2, 0) is 0 Å². The van der Waals surface area contributed by atoms with E-state index in [1.807, 2.05) is 37.3 Å². The molecular formula is C18H17N3O3. The first-order valence-electron chi connectivity index (χ1n) is 7.47. The zero-order valence-electron chi connectivity index (χ0n) is 13.4. The summed E-state index contributed by atoms with van der Waals surface area (Å²) in [6.07, 6.45) is 4.65. The lowest BCUT2D eigenvalue weighted by Crippen LogP contribution is -2.27. The molecule has 0 bridgehead atoms. The van der Waals surface area contributed by atoms with Gasteiger partial charge in [0.05, 0.1) is 13.2 Å². The average molecular weight is 323 g/mol. The highest BCUT2D eigenvalue weighted by Gasteiger charge is 2.20. The van der Waals surface area contributed by atoms with Gasteiger partial charge in [-0.05, 0) is 36.8 Å². The number of nitrogens with one attached hydrogen (secondary N) is 1. The summed E-state index contributed by atoms with van der Waals surface area (Å²) in [6.45, 7) is 1.90. The molecule has 1 N–H and O–H groups in total. The third-order valence-corrected chi connectivity index (χ3v) is 3.67. The van der Waals surface area contributed by atoms with Crippen molar-refractivity contribution >= 4 is 5.91 Å². The second kappa shape index (κ2) is 6.95. The molecule has 0 aliphatic carbocycles. The number of pyridine rings is 1. The van der Waals surface area contributed by atoms with Crippen LogP contribution in [-0.4, -0.2) is 23.0 Å². The minimum absolute atomic E-state index is 0.171. The first kappa shape index (κ1) is 15.7. The number of hydrogen-bond acceptors (Lipinski definition) is 5.